The molecule has 0 aliphatic carbocycles. The number of pyridine rings is 1. The molecule has 1 amide bonds. The molecule has 1 saturated heterocycles. The Hall–Kier alpha value is -3.38. The summed E-state index contributed by atoms with van der Waals surface area (Å²) in [4.78, 5) is 17.0. The van der Waals surface area contributed by atoms with Gasteiger partial charge in [0.2, 0.25) is 0 Å². The van der Waals surface area contributed by atoms with Crippen LogP contribution in [-0.4, -0.2) is 30.1 Å². The van der Waals surface area contributed by atoms with E-state index in [9.17, 15) is 4.79 Å². The molecule has 2 aromatic carbocycles. The molecule has 1 aromatic heterocycles. The summed E-state index contributed by atoms with van der Waals surface area (Å²) in [5.41, 5.74) is 2.08. The zero-order valence-corrected chi connectivity index (χ0v) is 16.7. The Morgan fingerprint density at radius 2 is 2.00 bits per heavy atom. The summed E-state index contributed by atoms with van der Waals surface area (Å²) < 4.78 is 11.9. The van der Waals surface area contributed by atoms with Gasteiger partial charge in [-0.05, 0) is 55.3 Å². The molecule has 1 fully saturated rings. The van der Waals surface area contributed by atoms with E-state index in [1.54, 1.807) is 36.7 Å². The van der Waals surface area contributed by atoms with E-state index in [1.807, 2.05) is 36.4 Å². The Balaban J connectivity index is 1.51. The van der Waals surface area contributed by atoms with Crippen LogP contribution in [0.4, 0.5) is 5.69 Å². The fourth-order valence-electron chi connectivity index (χ4n) is 3.37. The van der Waals surface area contributed by atoms with Crippen LogP contribution in [-0.2, 0) is 6.61 Å². The number of anilines is 1. The Morgan fingerprint density at radius 3 is 2.77 bits per heavy atom. The van der Waals surface area contributed by atoms with Crippen LogP contribution in [0.5, 0.6) is 11.5 Å². The van der Waals surface area contributed by atoms with E-state index in [2.05, 4.69) is 15.6 Å². The Morgan fingerprint density at radius 1 is 1.10 bits per heavy atom. The van der Waals surface area contributed by atoms with Crippen molar-refractivity contribution in [2.24, 2.45) is 0 Å². The molecule has 2 heterocycles. The van der Waals surface area contributed by atoms with E-state index in [0.717, 1.165) is 18.5 Å². The molecule has 1 unspecified atom stereocenters. The fraction of sp³-hybridized carbons (Fsp3) is 0.250. The summed E-state index contributed by atoms with van der Waals surface area (Å²) in [6, 6.07) is 19.1. The molecular formula is C24H25N3O3. The van der Waals surface area contributed by atoms with Crippen molar-refractivity contribution in [3.8, 4) is 11.5 Å². The third-order valence-corrected chi connectivity index (χ3v) is 4.97. The van der Waals surface area contributed by atoms with Crippen LogP contribution in [0.2, 0.25) is 0 Å². The monoisotopic (exact) mass is 403 g/mol. The van der Waals surface area contributed by atoms with Crippen molar-refractivity contribution in [1.82, 2.24) is 10.3 Å². The highest BCUT2D eigenvalue weighted by molar-refractivity contribution is 6.06. The van der Waals surface area contributed by atoms with Crippen LogP contribution in [0.3, 0.4) is 0 Å². The maximum atomic E-state index is 13.0. The smallest absolute Gasteiger partial charge is 0.259 e. The van der Waals surface area contributed by atoms with Gasteiger partial charge in [-0.15, -0.1) is 0 Å². The lowest BCUT2D eigenvalue weighted by Crippen LogP contribution is -2.28. The fourth-order valence-corrected chi connectivity index (χ4v) is 3.37. The number of nitrogens with zero attached hydrogens (tertiary/aromatic N) is 1. The minimum atomic E-state index is -0.268. The predicted octanol–water partition coefficient (Wildman–Crippen LogP) is 4.04. The molecule has 3 aromatic rings. The van der Waals surface area contributed by atoms with Crippen molar-refractivity contribution < 1.29 is 14.3 Å². The lowest BCUT2D eigenvalue weighted by atomic mass is 10.1. The third kappa shape index (κ3) is 5.36. The first-order chi connectivity index (χ1) is 14.8. The largest absolute Gasteiger partial charge is 0.492 e. The lowest BCUT2D eigenvalue weighted by Gasteiger charge is -2.16. The van der Waals surface area contributed by atoms with E-state index < -0.39 is 0 Å². The predicted molar refractivity (Wildman–Crippen MR) is 116 cm³/mol. The number of carbonyl (C=O) groups excluding carboxylic acids is 1. The number of nitrogens with one attached hydrogen (secondary N) is 2. The molecular weight excluding hydrogens is 378 g/mol. The van der Waals surface area contributed by atoms with Crippen LogP contribution in [0, 0.1) is 0 Å². The van der Waals surface area contributed by atoms with Gasteiger partial charge in [0.1, 0.15) is 24.7 Å². The highest BCUT2D eigenvalue weighted by Gasteiger charge is 2.17. The average molecular weight is 403 g/mol. The zero-order valence-electron chi connectivity index (χ0n) is 16.7. The third-order valence-electron chi connectivity index (χ3n) is 4.97. The van der Waals surface area contributed by atoms with Crippen molar-refractivity contribution in [3.05, 3.63) is 84.2 Å². The Bertz CT molecular complexity index is 958. The second-order valence-electron chi connectivity index (χ2n) is 7.23. The van der Waals surface area contributed by atoms with E-state index >= 15 is 0 Å². The van der Waals surface area contributed by atoms with Crippen LogP contribution in [0.25, 0.3) is 0 Å². The van der Waals surface area contributed by atoms with Gasteiger partial charge < -0.3 is 20.1 Å². The highest BCUT2D eigenvalue weighted by atomic mass is 16.5. The van der Waals surface area contributed by atoms with Gasteiger partial charge in [-0.3, -0.25) is 9.78 Å². The normalized spacial score (nSPS) is 15.5. The first kappa shape index (κ1) is 19.9. The van der Waals surface area contributed by atoms with Crippen molar-refractivity contribution >= 4 is 11.6 Å². The summed E-state index contributed by atoms with van der Waals surface area (Å²) in [6.45, 7) is 1.98. The number of ether oxygens (including phenoxy) is 2. The number of carbonyl (C=O) groups is 1. The first-order valence-corrected chi connectivity index (χ1v) is 10.2. The molecule has 154 valence electrons. The SMILES string of the molecule is O=C(Nc1cccnc1)c1cc(OCC2CCCN2)ccc1OCc1ccccc1. The van der Waals surface area contributed by atoms with Gasteiger partial charge in [0, 0.05) is 12.2 Å². The van der Waals surface area contributed by atoms with E-state index in [4.69, 9.17) is 9.47 Å². The number of aromatic nitrogens is 1. The van der Waals surface area contributed by atoms with Gasteiger partial charge in [-0.25, -0.2) is 0 Å². The molecule has 0 radical (unpaired) electrons. The van der Waals surface area contributed by atoms with Gasteiger partial charge >= 0.3 is 0 Å². The van der Waals surface area contributed by atoms with Gasteiger partial charge in [-0.1, -0.05) is 30.3 Å². The van der Waals surface area contributed by atoms with Crippen LogP contribution >= 0.6 is 0 Å². The number of hydrogen-bond donors (Lipinski definition) is 2. The summed E-state index contributed by atoms with van der Waals surface area (Å²) in [7, 11) is 0. The standard InChI is InChI=1S/C24H25N3O3/c28-24(27-19-8-4-12-25-15-19)22-14-21(29-17-20-9-5-13-26-20)10-11-23(22)30-16-18-6-2-1-3-7-18/h1-4,6-8,10-12,14-15,20,26H,5,9,13,16-17H2,(H,27,28). The number of amides is 1. The van der Waals surface area contributed by atoms with Crippen molar-refractivity contribution in [3.63, 3.8) is 0 Å². The van der Waals surface area contributed by atoms with Crippen molar-refractivity contribution in [2.45, 2.75) is 25.5 Å². The molecule has 4 rings (SSSR count). The van der Waals surface area contributed by atoms with Gasteiger partial charge in [0.15, 0.2) is 0 Å². The summed E-state index contributed by atoms with van der Waals surface area (Å²) in [5.74, 6) is 0.884. The highest BCUT2D eigenvalue weighted by Crippen LogP contribution is 2.27. The van der Waals surface area contributed by atoms with Crippen LogP contribution in [0.15, 0.2) is 73.1 Å². The first-order valence-electron chi connectivity index (χ1n) is 10.2. The van der Waals surface area contributed by atoms with Crippen LogP contribution < -0.4 is 20.1 Å². The lowest BCUT2D eigenvalue weighted by molar-refractivity contribution is 0.102. The Labute approximate surface area is 176 Å². The zero-order chi connectivity index (χ0) is 20.6. The van der Waals surface area contributed by atoms with Gasteiger partial charge in [0.05, 0.1) is 17.4 Å². The molecule has 1 aliphatic heterocycles. The maximum absolute atomic E-state index is 13.0. The van der Waals surface area contributed by atoms with Crippen molar-refractivity contribution in [2.75, 3.05) is 18.5 Å². The molecule has 30 heavy (non-hydrogen) atoms. The van der Waals surface area contributed by atoms with Crippen LogP contribution in [0.1, 0.15) is 28.8 Å². The van der Waals surface area contributed by atoms with E-state index in [1.165, 1.54) is 6.42 Å². The van der Waals surface area contributed by atoms with E-state index in [-0.39, 0.29) is 5.91 Å². The summed E-state index contributed by atoms with van der Waals surface area (Å²) in [5, 5.41) is 6.28. The quantitative estimate of drug-likeness (QED) is 0.594. The minimum Gasteiger partial charge on any atom is -0.492 e. The average Bonchev–Trinajstić information content (AvgIpc) is 3.32. The minimum absolute atomic E-state index is 0.268. The molecule has 6 nitrogen and oxygen atoms in total. The molecule has 2 N–H and O–H groups in total. The molecule has 6 heteroatoms. The number of rotatable bonds is 8. The number of benzene rings is 2. The Kier molecular flexibility index (Phi) is 6.57. The summed E-state index contributed by atoms with van der Waals surface area (Å²) in [6.07, 6.45) is 5.54. The van der Waals surface area contributed by atoms with E-state index in [0.29, 0.717) is 42.0 Å². The number of hydrogen-bond acceptors (Lipinski definition) is 5. The van der Waals surface area contributed by atoms with Gasteiger partial charge in [-0.2, -0.15) is 0 Å². The van der Waals surface area contributed by atoms with Crippen molar-refractivity contribution in [1.29, 1.82) is 0 Å². The van der Waals surface area contributed by atoms with Gasteiger partial charge in [0.25, 0.3) is 5.91 Å². The summed E-state index contributed by atoms with van der Waals surface area (Å²) >= 11 is 0. The molecule has 0 saturated carbocycles. The second kappa shape index (κ2) is 9.89. The molecule has 1 aliphatic rings. The topological polar surface area (TPSA) is 72.5 Å². The maximum Gasteiger partial charge on any atom is 0.259 e. The molecule has 0 spiro atoms. The molecule has 0 bridgehead atoms. The second-order valence-corrected chi connectivity index (χ2v) is 7.23. The molecule has 1 atom stereocenters.